The van der Waals surface area contributed by atoms with Crippen molar-refractivity contribution in [1.82, 2.24) is 14.4 Å². The third kappa shape index (κ3) is 2.39. The van der Waals surface area contributed by atoms with Gasteiger partial charge in [0, 0.05) is 37.1 Å². The molecule has 3 rings (SSSR count). The molecule has 20 heavy (non-hydrogen) atoms. The van der Waals surface area contributed by atoms with Crippen molar-refractivity contribution >= 4 is 33.7 Å². The van der Waals surface area contributed by atoms with Gasteiger partial charge in [-0.3, -0.25) is 9.38 Å². The lowest BCUT2D eigenvalue weighted by atomic mass is 10.2. The molecule has 3 aromatic heterocycles. The summed E-state index contributed by atoms with van der Waals surface area (Å²) in [5.74, 6) is 1.44. The third-order valence-electron chi connectivity index (χ3n) is 3.27. The molecular weight excluding hydrogens is 292 g/mol. The van der Waals surface area contributed by atoms with Crippen LogP contribution >= 0.6 is 22.9 Å². The maximum atomic E-state index is 6.12. The van der Waals surface area contributed by atoms with Gasteiger partial charge in [0.1, 0.15) is 0 Å². The summed E-state index contributed by atoms with van der Waals surface area (Å²) >= 11 is 7.75. The highest BCUT2D eigenvalue weighted by Gasteiger charge is 2.17. The zero-order valence-electron chi connectivity index (χ0n) is 11.2. The molecule has 0 atom stereocenters. The molecule has 0 spiro atoms. The number of aromatic nitrogens is 3. The first-order chi connectivity index (χ1) is 9.83. The van der Waals surface area contributed by atoms with Crippen molar-refractivity contribution < 1.29 is 0 Å². The number of hydrogen-bond acceptors (Lipinski definition) is 4. The SMILES string of the molecule is CCN(Cc1ccncc1)c1nc2sccn2c1CCl. The Morgan fingerprint density at radius 2 is 2.15 bits per heavy atom. The van der Waals surface area contributed by atoms with E-state index in [1.54, 1.807) is 11.3 Å². The largest absolute Gasteiger partial charge is 0.351 e. The van der Waals surface area contributed by atoms with Gasteiger partial charge in [0.25, 0.3) is 0 Å². The summed E-state index contributed by atoms with van der Waals surface area (Å²) in [6.45, 7) is 3.83. The number of fused-ring (bicyclic) bond motifs is 1. The number of hydrogen-bond donors (Lipinski definition) is 0. The average Bonchev–Trinajstić information content (AvgIpc) is 3.06. The van der Waals surface area contributed by atoms with E-state index in [1.165, 1.54) is 5.56 Å². The van der Waals surface area contributed by atoms with E-state index < -0.39 is 0 Å². The van der Waals surface area contributed by atoms with Gasteiger partial charge in [-0.25, -0.2) is 4.98 Å². The molecule has 0 amide bonds. The van der Waals surface area contributed by atoms with Crippen molar-refractivity contribution in [2.45, 2.75) is 19.3 Å². The average molecular weight is 307 g/mol. The quantitative estimate of drug-likeness (QED) is 0.676. The number of pyridine rings is 1. The highest BCUT2D eigenvalue weighted by molar-refractivity contribution is 7.15. The van der Waals surface area contributed by atoms with Crippen LogP contribution in [-0.4, -0.2) is 20.9 Å². The molecule has 0 fully saturated rings. The van der Waals surface area contributed by atoms with Crippen molar-refractivity contribution in [2.24, 2.45) is 0 Å². The number of imidazole rings is 1. The summed E-state index contributed by atoms with van der Waals surface area (Å²) in [6.07, 6.45) is 5.66. The summed E-state index contributed by atoms with van der Waals surface area (Å²) in [7, 11) is 0. The smallest absolute Gasteiger partial charge is 0.195 e. The molecule has 0 aliphatic rings. The monoisotopic (exact) mass is 306 g/mol. The van der Waals surface area contributed by atoms with Crippen molar-refractivity contribution in [1.29, 1.82) is 0 Å². The highest BCUT2D eigenvalue weighted by Crippen LogP contribution is 2.27. The summed E-state index contributed by atoms with van der Waals surface area (Å²) < 4.78 is 2.07. The van der Waals surface area contributed by atoms with E-state index >= 15 is 0 Å². The Hall–Kier alpha value is -1.59. The highest BCUT2D eigenvalue weighted by atomic mass is 35.5. The molecule has 0 unspecified atom stereocenters. The number of halogens is 1. The van der Waals surface area contributed by atoms with Gasteiger partial charge in [0.15, 0.2) is 10.8 Å². The summed E-state index contributed by atoms with van der Waals surface area (Å²) in [4.78, 5) is 12.0. The fourth-order valence-corrected chi connectivity index (χ4v) is 3.22. The minimum absolute atomic E-state index is 0.458. The third-order valence-corrected chi connectivity index (χ3v) is 4.28. The summed E-state index contributed by atoms with van der Waals surface area (Å²) in [5.41, 5.74) is 2.28. The lowest BCUT2D eigenvalue weighted by Gasteiger charge is -2.21. The Labute approximate surface area is 126 Å². The number of anilines is 1. The summed E-state index contributed by atoms with van der Waals surface area (Å²) in [6, 6.07) is 4.06. The van der Waals surface area contributed by atoms with Gasteiger partial charge in [-0.1, -0.05) is 0 Å². The van der Waals surface area contributed by atoms with Crippen LogP contribution in [0.5, 0.6) is 0 Å². The molecular formula is C14H15ClN4S. The Morgan fingerprint density at radius 3 is 2.85 bits per heavy atom. The maximum absolute atomic E-state index is 6.12. The van der Waals surface area contributed by atoms with Crippen LogP contribution in [0.15, 0.2) is 36.1 Å². The Balaban J connectivity index is 1.96. The minimum atomic E-state index is 0.458. The molecule has 3 heterocycles. The fourth-order valence-electron chi connectivity index (χ4n) is 2.24. The predicted molar refractivity (Wildman–Crippen MR) is 83.6 cm³/mol. The second-order valence-corrected chi connectivity index (χ2v) is 5.58. The van der Waals surface area contributed by atoms with Gasteiger partial charge < -0.3 is 4.90 Å². The molecule has 0 aromatic carbocycles. The molecule has 0 radical (unpaired) electrons. The van der Waals surface area contributed by atoms with E-state index in [1.807, 2.05) is 36.1 Å². The van der Waals surface area contributed by atoms with Crippen molar-refractivity contribution in [2.75, 3.05) is 11.4 Å². The van der Waals surface area contributed by atoms with Gasteiger partial charge in [0.05, 0.1) is 11.6 Å². The first-order valence-electron chi connectivity index (χ1n) is 6.47. The number of alkyl halides is 1. The summed E-state index contributed by atoms with van der Waals surface area (Å²) in [5, 5.41) is 2.03. The zero-order valence-corrected chi connectivity index (χ0v) is 12.7. The molecule has 0 aliphatic carbocycles. The van der Waals surface area contributed by atoms with Gasteiger partial charge in [-0.2, -0.15) is 0 Å². The molecule has 0 saturated heterocycles. The van der Waals surface area contributed by atoms with E-state index in [2.05, 4.69) is 21.2 Å². The second-order valence-electron chi connectivity index (χ2n) is 4.44. The topological polar surface area (TPSA) is 33.4 Å². The van der Waals surface area contributed by atoms with Crippen LogP contribution in [0.2, 0.25) is 0 Å². The molecule has 0 bridgehead atoms. The van der Waals surface area contributed by atoms with Crippen LogP contribution in [-0.2, 0) is 12.4 Å². The zero-order chi connectivity index (χ0) is 13.9. The second kappa shape index (κ2) is 5.81. The molecule has 0 N–H and O–H groups in total. The van der Waals surface area contributed by atoms with Crippen LogP contribution < -0.4 is 4.90 Å². The first-order valence-corrected chi connectivity index (χ1v) is 7.89. The van der Waals surface area contributed by atoms with Gasteiger partial charge >= 0.3 is 0 Å². The lowest BCUT2D eigenvalue weighted by Crippen LogP contribution is -2.23. The van der Waals surface area contributed by atoms with E-state index in [0.717, 1.165) is 29.6 Å². The molecule has 4 nitrogen and oxygen atoms in total. The molecule has 104 valence electrons. The van der Waals surface area contributed by atoms with Gasteiger partial charge in [-0.05, 0) is 24.6 Å². The van der Waals surface area contributed by atoms with Crippen LogP contribution in [0.3, 0.4) is 0 Å². The van der Waals surface area contributed by atoms with Crippen LogP contribution in [0.4, 0.5) is 5.82 Å². The van der Waals surface area contributed by atoms with Gasteiger partial charge in [-0.15, -0.1) is 22.9 Å². The van der Waals surface area contributed by atoms with E-state index in [-0.39, 0.29) is 0 Å². The molecule has 3 aromatic rings. The Kier molecular flexibility index (Phi) is 3.89. The Morgan fingerprint density at radius 1 is 1.35 bits per heavy atom. The van der Waals surface area contributed by atoms with Crippen molar-refractivity contribution in [3.63, 3.8) is 0 Å². The molecule has 0 saturated carbocycles. The predicted octanol–water partition coefficient (Wildman–Crippen LogP) is 3.56. The maximum Gasteiger partial charge on any atom is 0.195 e. The van der Waals surface area contributed by atoms with Crippen LogP contribution in [0, 0.1) is 0 Å². The lowest BCUT2D eigenvalue weighted by molar-refractivity contribution is 0.810. The standard InChI is InChI=1S/C14H15ClN4S/c1-2-18(10-11-3-5-16-6-4-11)13-12(9-15)19-7-8-20-14(19)17-13/h3-8H,2,9-10H2,1H3. The van der Waals surface area contributed by atoms with Gasteiger partial charge in [0.2, 0.25) is 0 Å². The first kappa shape index (κ1) is 13.4. The van der Waals surface area contributed by atoms with E-state index in [9.17, 15) is 0 Å². The molecule has 0 aliphatic heterocycles. The van der Waals surface area contributed by atoms with Crippen LogP contribution in [0.1, 0.15) is 18.2 Å². The van der Waals surface area contributed by atoms with E-state index in [4.69, 9.17) is 16.6 Å². The number of thiazole rings is 1. The minimum Gasteiger partial charge on any atom is -0.351 e. The Bertz CT molecular complexity index is 692. The van der Waals surface area contributed by atoms with E-state index in [0.29, 0.717) is 5.88 Å². The van der Waals surface area contributed by atoms with Crippen molar-refractivity contribution in [3.05, 3.63) is 47.4 Å². The van der Waals surface area contributed by atoms with Crippen molar-refractivity contribution in [3.8, 4) is 0 Å². The normalized spacial score (nSPS) is 11.1. The fraction of sp³-hybridized carbons (Fsp3) is 0.286. The van der Waals surface area contributed by atoms with Crippen LogP contribution in [0.25, 0.3) is 4.96 Å². The molecule has 6 heteroatoms. The number of nitrogens with zero attached hydrogens (tertiary/aromatic N) is 4. The number of rotatable bonds is 5.